The Bertz CT molecular complexity index is 346. The quantitative estimate of drug-likeness (QED) is 0.495. The van der Waals surface area contributed by atoms with Crippen molar-refractivity contribution in [1.82, 2.24) is 10.2 Å². The predicted octanol–water partition coefficient (Wildman–Crippen LogP) is -1.10. The molecule has 0 radical (unpaired) electrons. The minimum Gasteiger partial charge on any atom is -0.481 e. The zero-order valence-corrected chi connectivity index (χ0v) is 9.83. The van der Waals surface area contributed by atoms with Gasteiger partial charge in [0.05, 0.1) is 6.42 Å². The van der Waals surface area contributed by atoms with Crippen LogP contribution in [0.3, 0.4) is 0 Å². The largest absolute Gasteiger partial charge is 0.481 e. The molecular formula is C10H17N3O5. The SMILES string of the molecule is NCC1CCN(C(=O)N[C@H](CC(=O)O)C(=O)O)C1. The highest BCUT2D eigenvalue weighted by molar-refractivity contribution is 5.86. The fourth-order valence-corrected chi connectivity index (χ4v) is 1.82. The number of nitrogens with one attached hydrogen (secondary N) is 1. The third kappa shape index (κ3) is 3.88. The first-order valence-corrected chi connectivity index (χ1v) is 5.64. The van der Waals surface area contributed by atoms with E-state index in [2.05, 4.69) is 5.32 Å². The molecule has 0 aliphatic carbocycles. The van der Waals surface area contributed by atoms with E-state index in [1.807, 2.05) is 0 Å². The monoisotopic (exact) mass is 259 g/mol. The molecule has 18 heavy (non-hydrogen) atoms. The van der Waals surface area contributed by atoms with Gasteiger partial charge in [-0.15, -0.1) is 0 Å². The predicted molar refractivity (Wildman–Crippen MR) is 60.9 cm³/mol. The second kappa shape index (κ2) is 6.20. The second-order valence-corrected chi connectivity index (χ2v) is 4.27. The number of carbonyl (C=O) groups excluding carboxylic acids is 1. The van der Waals surface area contributed by atoms with Crippen LogP contribution in [0.4, 0.5) is 4.79 Å². The minimum absolute atomic E-state index is 0.221. The number of carboxylic acids is 2. The molecule has 0 spiro atoms. The zero-order chi connectivity index (χ0) is 13.7. The molecule has 1 fully saturated rings. The number of urea groups is 1. The molecule has 0 aromatic heterocycles. The standard InChI is InChI=1S/C10H17N3O5/c11-4-6-1-2-13(5-6)10(18)12-7(9(16)17)3-8(14)15/h6-7H,1-5,11H2,(H,12,18)(H,14,15)(H,16,17)/t6?,7-/m1/s1. The highest BCUT2D eigenvalue weighted by Crippen LogP contribution is 2.14. The van der Waals surface area contributed by atoms with Crippen LogP contribution in [0, 0.1) is 5.92 Å². The molecule has 0 aromatic carbocycles. The molecule has 8 heteroatoms. The van der Waals surface area contributed by atoms with Crippen molar-refractivity contribution in [3.63, 3.8) is 0 Å². The average molecular weight is 259 g/mol. The van der Waals surface area contributed by atoms with Crippen LogP contribution < -0.4 is 11.1 Å². The highest BCUT2D eigenvalue weighted by atomic mass is 16.4. The number of amides is 2. The Hall–Kier alpha value is -1.83. The maximum Gasteiger partial charge on any atom is 0.326 e. The summed E-state index contributed by atoms with van der Waals surface area (Å²) < 4.78 is 0. The zero-order valence-electron chi connectivity index (χ0n) is 9.83. The molecule has 1 saturated heterocycles. The number of aliphatic carboxylic acids is 2. The smallest absolute Gasteiger partial charge is 0.326 e. The summed E-state index contributed by atoms with van der Waals surface area (Å²) in [5.74, 6) is -2.41. The van der Waals surface area contributed by atoms with Crippen LogP contribution in [0.15, 0.2) is 0 Å². The van der Waals surface area contributed by atoms with Gasteiger partial charge in [0.1, 0.15) is 6.04 Å². The Morgan fingerprint density at radius 2 is 2.06 bits per heavy atom. The highest BCUT2D eigenvalue weighted by Gasteiger charge is 2.29. The van der Waals surface area contributed by atoms with Gasteiger partial charge in [0.15, 0.2) is 0 Å². The molecule has 1 unspecified atom stereocenters. The summed E-state index contributed by atoms with van der Waals surface area (Å²) in [6.45, 7) is 1.45. The first kappa shape index (κ1) is 14.2. The number of carbonyl (C=O) groups is 3. The molecule has 8 nitrogen and oxygen atoms in total. The molecule has 0 saturated carbocycles. The number of likely N-dealkylation sites (tertiary alicyclic amines) is 1. The summed E-state index contributed by atoms with van der Waals surface area (Å²) >= 11 is 0. The van der Waals surface area contributed by atoms with Crippen LogP contribution in [0.2, 0.25) is 0 Å². The molecule has 2 atom stereocenters. The molecular weight excluding hydrogens is 242 g/mol. The lowest BCUT2D eigenvalue weighted by Gasteiger charge is -2.20. The van der Waals surface area contributed by atoms with Crippen molar-refractivity contribution in [3.05, 3.63) is 0 Å². The number of hydrogen-bond acceptors (Lipinski definition) is 4. The van der Waals surface area contributed by atoms with E-state index in [0.717, 1.165) is 6.42 Å². The number of hydrogen-bond donors (Lipinski definition) is 4. The topological polar surface area (TPSA) is 133 Å². The van der Waals surface area contributed by atoms with Gasteiger partial charge < -0.3 is 26.2 Å². The number of carboxylic acid groups (broad SMARTS) is 2. The van der Waals surface area contributed by atoms with Gasteiger partial charge in [-0.25, -0.2) is 9.59 Å². The van der Waals surface area contributed by atoms with Gasteiger partial charge >= 0.3 is 18.0 Å². The summed E-state index contributed by atoms with van der Waals surface area (Å²) in [4.78, 5) is 34.4. The maximum atomic E-state index is 11.7. The maximum absolute atomic E-state index is 11.7. The van der Waals surface area contributed by atoms with E-state index < -0.39 is 30.4 Å². The second-order valence-electron chi connectivity index (χ2n) is 4.27. The molecule has 1 aliphatic heterocycles. The van der Waals surface area contributed by atoms with Gasteiger partial charge in [-0.3, -0.25) is 4.79 Å². The van der Waals surface area contributed by atoms with Crippen LogP contribution >= 0.6 is 0 Å². The van der Waals surface area contributed by atoms with Crippen molar-refractivity contribution < 1.29 is 24.6 Å². The first-order chi connectivity index (χ1) is 8.43. The van der Waals surface area contributed by atoms with Crippen molar-refractivity contribution in [2.24, 2.45) is 11.7 Å². The molecule has 1 aliphatic rings. The number of nitrogens with two attached hydrogens (primary N) is 1. The van der Waals surface area contributed by atoms with Crippen LogP contribution in [0.1, 0.15) is 12.8 Å². The average Bonchev–Trinajstić information content (AvgIpc) is 2.75. The summed E-state index contributed by atoms with van der Waals surface area (Å²) in [6.07, 6.45) is 0.135. The van der Waals surface area contributed by atoms with E-state index in [0.29, 0.717) is 19.6 Å². The van der Waals surface area contributed by atoms with Crippen LogP contribution in [-0.2, 0) is 9.59 Å². The molecule has 1 heterocycles. The van der Waals surface area contributed by atoms with Crippen LogP contribution in [-0.4, -0.2) is 58.8 Å². The molecule has 2 amide bonds. The third-order valence-electron chi connectivity index (χ3n) is 2.88. The lowest BCUT2D eigenvalue weighted by molar-refractivity contribution is -0.145. The van der Waals surface area contributed by atoms with Crippen molar-refractivity contribution in [2.45, 2.75) is 18.9 Å². The lowest BCUT2D eigenvalue weighted by atomic mass is 10.1. The summed E-state index contributed by atoms with van der Waals surface area (Å²) in [7, 11) is 0. The fourth-order valence-electron chi connectivity index (χ4n) is 1.82. The Kier molecular flexibility index (Phi) is 4.90. The molecule has 1 rings (SSSR count). The summed E-state index contributed by atoms with van der Waals surface area (Å²) in [6, 6.07) is -1.97. The Morgan fingerprint density at radius 3 is 2.50 bits per heavy atom. The first-order valence-electron chi connectivity index (χ1n) is 5.64. The molecule has 102 valence electrons. The Morgan fingerprint density at radius 1 is 1.39 bits per heavy atom. The van der Waals surface area contributed by atoms with Gasteiger partial charge in [0, 0.05) is 13.1 Å². The third-order valence-corrected chi connectivity index (χ3v) is 2.88. The molecule has 0 bridgehead atoms. The number of nitrogens with zero attached hydrogens (tertiary/aromatic N) is 1. The van der Waals surface area contributed by atoms with E-state index in [9.17, 15) is 14.4 Å². The van der Waals surface area contributed by atoms with Gasteiger partial charge in [-0.2, -0.15) is 0 Å². The normalized spacial score (nSPS) is 20.5. The van der Waals surface area contributed by atoms with E-state index in [-0.39, 0.29) is 5.92 Å². The minimum atomic E-state index is -1.41. The Balaban J connectivity index is 2.51. The van der Waals surface area contributed by atoms with Gasteiger partial charge in [0.25, 0.3) is 0 Å². The van der Waals surface area contributed by atoms with E-state index in [1.165, 1.54) is 4.90 Å². The van der Waals surface area contributed by atoms with Crippen LogP contribution in [0.5, 0.6) is 0 Å². The lowest BCUT2D eigenvalue weighted by Crippen LogP contribution is -2.48. The van der Waals surface area contributed by atoms with Gasteiger partial charge in [-0.05, 0) is 18.9 Å². The van der Waals surface area contributed by atoms with Gasteiger partial charge in [0.2, 0.25) is 0 Å². The summed E-state index contributed by atoms with van der Waals surface area (Å²) in [5.41, 5.74) is 5.48. The summed E-state index contributed by atoms with van der Waals surface area (Å²) in [5, 5.41) is 19.5. The molecule has 5 N–H and O–H groups in total. The van der Waals surface area contributed by atoms with E-state index >= 15 is 0 Å². The number of rotatable bonds is 5. The van der Waals surface area contributed by atoms with E-state index in [1.54, 1.807) is 0 Å². The van der Waals surface area contributed by atoms with Crippen LogP contribution in [0.25, 0.3) is 0 Å². The van der Waals surface area contributed by atoms with Crippen molar-refractivity contribution in [3.8, 4) is 0 Å². The fraction of sp³-hybridized carbons (Fsp3) is 0.700. The molecule has 0 aromatic rings. The van der Waals surface area contributed by atoms with Crippen molar-refractivity contribution in [2.75, 3.05) is 19.6 Å². The van der Waals surface area contributed by atoms with Gasteiger partial charge in [-0.1, -0.05) is 0 Å². The Labute approximate surface area is 104 Å². The van der Waals surface area contributed by atoms with Crippen molar-refractivity contribution in [1.29, 1.82) is 0 Å². The van der Waals surface area contributed by atoms with Crippen molar-refractivity contribution >= 4 is 18.0 Å². The van der Waals surface area contributed by atoms with E-state index in [4.69, 9.17) is 15.9 Å².